The van der Waals surface area contributed by atoms with E-state index in [1.807, 2.05) is 0 Å². The van der Waals surface area contributed by atoms with Gasteiger partial charge in [0.15, 0.2) is 0 Å². The molecule has 3 nitrogen and oxygen atoms in total. The third-order valence-electron chi connectivity index (χ3n) is 3.09. The molecule has 3 unspecified atom stereocenters. The smallest absolute Gasteiger partial charge is 0.225 e. The van der Waals surface area contributed by atoms with Gasteiger partial charge in [0.25, 0.3) is 0 Å². The van der Waals surface area contributed by atoms with Gasteiger partial charge in [-0.05, 0) is 25.7 Å². The Kier molecular flexibility index (Phi) is 3.93. The third-order valence-corrected chi connectivity index (χ3v) is 3.09. The molecule has 0 saturated heterocycles. The molecular weight excluding hydrogens is 178 g/mol. The molecule has 0 aromatic rings. The summed E-state index contributed by atoms with van der Waals surface area (Å²) >= 11 is 0. The fourth-order valence-electron chi connectivity index (χ4n) is 2.28. The summed E-state index contributed by atoms with van der Waals surface area (Å²) in [7, 11) is 1.78. The zero-order chi connectivity index (χ0) is 10.7. The van der Waals surface area contributed by atoms with Crippen molar-refractivity contribution in [3.63, 3.8) is 0 Å². The highest BCUT2D eigenvalue weighted by Gasteiger charge is 2.31. The van der Waals surface area contributed by atoms with Crippen LogP contribution in [0.1, 0.15) is 33.1 Å². The molecular formula is C11H21NO2. The zero-order valence-corrected chi connectivity index (χ0v) is 9.36. The van der Waals surface area contributed by atoms with Gasteiger partial charge in [-0.2, -0.15) is 0 Å². The molecule has 1 rings (SSSR count). The first-order chi connectivity index (χ1) is 6.52. The Hall–Kier alpha value is -0.570. The second-order valence-corrected chi connectivity index (χ2v) is 4.58. The Bertz CT molecular complexity index is 203. The van der Waals surface area contributed by atoms with Crippen molar-refractivity contribution < 1.29 is 9.90 Å². The van der Waals surface area contributed by atoms with Crippen LogP contribution >= 0.6 is 0 Å². The van der Waals surface area contributed by atoms with Crippen LogP contribution in [-0.2, 0) is 4.79 Å². The molecule has 3 heteroatoms. The number of nitrogens with zero attached hydrogens (tertiary/aromatic N) is 1. The molecule has 3 atom stereocenters. The predicted molar refractivity (Wildman–Crippen MR) is 55.8 cm³/mol. The molecule has 82 valence electrons. The van der Waals surface area contributed by atoms with Gasteiger partial charge in [-0.1, -0.05) is 13.3 Å². The van der Waals surface area contributed by atoms with E-state index in [1.165, 1.54) is 12.8 Å². The first kappa shape index (κ1) is 11.5. The van der Waals surface area contributed by atoms with E-state index in [-0.39, 0.29) is 11.8 Å². The molecule has 0 heterocycles. The predicted octanol–water partition coefficient (Wildman–Crippen LogP) is 1.26. The van der Waals surface area contributed by atoms with Gasteiger partial charge in [-0.15, -0.1) is 0 Å². The van der Waals surface area contributed by atoms with Crippen LogP contribution in [0.25, 0.3) is 0 Å². The molecule has 1 amide bonds. The quantitative estimate of drug-likeness (QED) is 0.743. The van der Waals surface area contributed by atoms with Crippen molar-refractivity contribution in [3.8, 4) is 0 Å². The summed E-state index contributed by atoms with van der Waals surface area (Å²) in [6.07, 6.45) is 2.92. The molecule has 0 bridgehead atoms. The molecule has 14 heavy (non-hydrogen) atoms. The molecule has 1 aliphatic rings. The number of aliphatic hydroxyl groups excluding tert-OH is 1. The molecule has 1 aliphatic carbocycles. The van der Waals surface area contributed by atoms with Gasteiger partial charge in [0.1, 0.15) is 0 Å². The van der Waals surface area contributed by atoms with E-state index < -0.39 is 6.10 Å². The molecule has 0 aromatic carbocycles. The van der Waals surface area contributed by atoms with Crippen LogP contribution in [0.2, 0.25) is 0 Å². The number of aliphatic hydroxyl groups is 1. The largest absolute Gasteiger partial charge is 0.392 e. The van der Waals surface area contributed by atoms with Gasteiger partial charge in [0.2, 0.25) is 5.91 Å². The summed E-state index contributed by atoms with van der Waals surface area (Å²) in [6.45, 7) is 4.30. The Morgan fingerprint density at radius 3 is 2.64 bits per heavy atom. The maximum absolute atomic E-state index is 11.9. The van der Waals surface area contributed by atoms with Crippen LogP contribution in [0.4, 0.5) is 0 Å². The van der Waals surface area contributed by atoms with Crippen LogP contribution in [-0.4, -0.2) is 35.6 Å². The number of rotatable bonds is 3. The van der Waals surface area contributed by atoms with Gasteiger partial charge in [0, 0.05) is 19.5 Å². The average molecular weight is 199 g/mol. The van der Waals surface area contributed by atoms with Gasteiger partial charge >= 0.3 is 0 Å². The third kappa shape index (κ3) is 2.71. The minimum Gasteiger partial charge on any atom is -0.392 e. The van der Waals surface area contributed by atoms with E-state index in [0.717, 1.165) is 6.42 Å². The Morgan fingerprint density at radius 2 is 2.21 bits per heavy atom. The number of hydrogen-bond donors (Lipinski definition) is 1. The first-order valence-electron chi connectivity index (χ1n) is 5.45. The van der Waals surface area contributed by atoms with Crippen LogP contribution in [0, 0.1) is 11.8 Å². The van der Waals surface area contributed by atoms with Crippen LogP contribution in [0.5, 0.6) is 0 Å². The molecule has 0 aliphatic heterocycles. The van der Waals surface area contributed by atoms with Crippen molar-refractivity contribution >= 4 is 5.91 Å². The SMILES string of the molecule is CC(O)CN(C)C(=O)C1CCCC1C. The van der Waals surface area contributed by atoms with E-state index in [4.69, 9.17) is 0 Å². The Balaban J connectivity index is 2.47. The van der Waals surface area contributed by atoms with Gasteiger partial charge < -0.3 is 10.0 Å². The highest BCUT2D eigenvalue weighted by atomic mass is 16.3. The molecule has 0 aromatic heterocycles. The fourth-order valence-corrected chi connectivity index (χ4v) is 2.28. The van der Waals surface area contributed by atoms with E-state index in [2.05, 4.69) is 6.92 Å². The summed E-state index contributed by atoms with van der Waals surface area (Å²) in [5.41, 5.74) is 0. The maximum Gasteiger partial charge on any atom is 0.225 e. The topological polar surface area (TPSA) is 40.5 Å². The number of amides is 1. The second-order valence-electron chi connectivity index (χ2n) is 4.58. The Morgan fingerprint density at radius 1 is 1.57 bits per heavy atom. The molecule has 0 spiro atoms. The van der Waals surface area contributed by atoms with Crippen molar-refractivity contribution in [2.75, 3.05) is 13.6 Å². The van der Waals surface area contributed by atoms with Gasteiger partial charge in [-0.25, -0.2) is 0 Å². The normalized spacial score (nSPS) is 28.9. The summed E-state index contributed by atoms with van der Waals surface area (Å²) in [6, 6.07) is 0. The van der Waals surface area contributed by atoms with E-state index >= 15 is 0 Å². The molecule has 1 fully saturated rings. The second kappa shape index (κ2) is 4.78. The lowest BCUT2D eigenvalue weighted by atomic mass is 9.97. The van der Waals surface area contributed by atoms with Crippen molar-refractivity contribution in [2.24, 2.45) is 11.8 Å². The molecule has 1 N–H and O–H groups in total. The number of carbonyl (C=O) groups is 1. The summed E-state index contributed by atoms with van der Waals surface area (Å²) in [5, 5.41) is 9.19. The lowest BCUT2D eigenvalue weighted by Gasteiger charge is -2.24. The van der Waals surface area contributed by atoms with Crippen LogP contribution < -0.4 is 0 Å². The van der Waals surface area contributed by atoms with E-state index in [0.29, 0.717) is 12.5 Å². The van der Waals surface area contributed by atoms with E-state index in [9.17, 15) is 9.90 Å². The summed E-state index contributed by atoms with van der Waals surface area (Å²) in [4.78, 5) is 13.6. The zero-order valence-electron chi connectivity index (χ0n) is 9.36. The van der Waals surface area contributed by atoms with Gasteiger partial charge in [0.05, 0.1) is 6.10 Å². The Labute approximate surface area is 86.1 Å². The lowest BCUT2D eigenvalue weighted by molar-refractivity contribution is -0.136. The minimum atomic E-state index is -0.430. The minimum absolute atomic E-state index is 0.193. The highest BCUT2D eigenvalue weighted by Crippen LogP contribution is 2.32. The van der Waals surface area contributed by atoms with Crippen molar-refractivity contribution in [3.05, 3.63) is 0 Å². The van der Waals surface area contributed by atoms with Crippen molar-refractivity contribution in [2.45, 2.75) is 39.2 Å². The van der Waals surface area contributed by atoms with Crippen molar-refractivity contribution in [1.29, 1.82) is 0 Å². The van der Waals surface area contributed by atoms with Crippen LogP contribution in [0.15, 0.2) is 0 Å². The first-order valence-corrected chi connectivity index (χ1v) is 5.45. The maximum atomic E-state index is 11.9. The highest BCUT2D eigenvalue weighted by molar-refractivity contribution is 5.79. The fraction of sp³-hybridized carbons (Fsp3) is 0.909. The number of likely N-dealkylation sites (N-methyl/N-ethyl adjacent to an activating group) is 1. The standard InChI is InChI=1S/C11H21NO2/c1-8-5-4-6-10(8)11(14)12(3)7-9(2)13/h8-10,13H,4-7H2,1-3H3. The summed E-state index contributed by atoms with van der Waals surface area (Å²) in [5.74, 6) is 0.911. The number of hydrogen-bond acceptors (Lipinski definition) is 2. The molecule has 0 radical (unpaired) electrons. The number of carbonyl (C=O) groups excluding carboxylic acids is 1. The van der Waals surface area contributed by atoms with Crippen LogP contribution in [0.3, 0.4) is 0 Å². The summed E-state index contributed by atoms with van der Waals surface area (Å²) < 4.78 is 0. The van der Waals surface area contributed by atoms with E-state index in [1.54, 1.807) is 18.9 Å². The average Bonchev–Trinajstić information content (AvgIpc) is 2.48. The van der Waals surface area contributed by atoms with Gasteiger partial charge in [-0.3, -0.25) is 4.79 Å². The molecule has 1 saturated carbocycles. The monoisotopic (exact) mass is 199 g/mol. The van der Waals surface area contributed by atoms with Crippen molar-refractivity contribution in [1.82, 2.24) is 4.90 Å². The lowest BCUT2D eigenvalue weighted by Crippen LogP contribution is -2.38.